The van der Waals surface area contributed by atoms with E-state index in [2.05, 4.69) is 19.2 Å². The summed E-state index contributed by atoms with van der Waals surface area (Å²) in [5.74, 6) is 0. The first-order chi connectivity index (χ1) is 10.1. The molecule has 1 aliphatic carbocycles. The molecule has 4 nitrogen and oxygen atoms in total. The van der Waals surface area contributed by atoms with Crippen molar-refractivity contribution in [2.24, 2.45) is 5.41 Å². The summed E-state index contributed by atoms with van der Waals surface area (Å²) in [4.78, 5) is 11.0. The molecule has 1 aromatic carbocycles. The molecule has 2 rings (SSSR count). The zero-order valence-electron chi connectivity index (χ0n) is 13.1. The van der Waals surface area contributed by atoms with E-state index in [0.717, 1.165) is 24.9 Å². The Labute approximate surface area is 127 Å². The first-order valence-corrected chi connectivity index (χ1v) is 8.08. The van der Waals surface area contributed by atoms with E-state index in [1.165, 1.54) is 25.7 Å². The lowest BCUT2D eigenvalue weighted by atomic mass is 9.74. The van der Waals surface area contributed by atoms with Crippen LogP contribution in [0, 0.1) is 15.5 Å². The second kappa shape index (κ2) is 7.03. The Bertz CT molecular complexity index is 481. The van der Waals surface area contributed by atoms with Gasteiger partial charge < -0.3 is 5.32 Å². The largest absolute Gasteiger partial charge is 0.313 e. The fourth-order valence-corrected chi connectivity index (χ4v) is 3.86. The summed E-state index contributed by atoms with van der Waals surface area (Å²) in [5.41, 5.74) is 1.41. The molecule has 0 heterocycles. The number of nitro benzene ring substituents is 1. The van der Waals surface area contributed by atoms with Crippen molar-refractivity contribution in [3.63, 3.8) is 0 Å². The number of likely N-dealkylation sites (N-methyl/N-ethyl adjacent to an activating group) is 1. The number of benzene rings is 1. The van der Waals surface area contributed by atoms with E-state index in [1.807, 2.05) is 12.1 Å². The van der Waals surface area contributed by atoms with Crippen molar-refractivity contribution < 1.29 is 4.92 Å². The van der Waals surface area contributed by atoms with Crippen molar-refractivity contribution in [3.05, 3.63) is 39.9 Å². The molecule has 0 radical (unpaired) electrons. The van der Waals surface area contributed by atoms with Crippen LogP contribution in [0.15, 0.2) is 24.3 Å². The quantitative estimate of drug-likeness (QED) is 0.608. The van der Waals surface area contributed by atoms with Crippen LogP contribution in [-0.2, 0) is 6.42 Å². The highest BCUT2D eigenvalue weighted by molar-refractivity contribution is 5.40. The molecule has 0 bridgehead atoms. The van der Waals surface area contributed by atoms with E-state index in [0.29, 0.717) is 11.5 Å². The van der Waals surface area contributed by atoms with Crippen LogP contribution >= 0.6 is 0 Å². The minimum Gasteiger partial charge on any atom is -0.313 e. The van der Waals surface area contributed by atoms with Crippen LogP contribution in [0.4, 0.5) is 5.69 Å². The van der Waals surface area contributed by atoms with E-state index in [9.17, 15) is 10.1 Å². The van der Waals surface area contributed by atoms with Crippen LogP contribution in [0.25, 0.3) is 0 Å². The lowest BCUT2D eigenvalue weighted by Gasteiger charge is -2.37. The van der Waals surface area contributed by atoms with Gasteiger partial charge in [-0.25, -0.2) is 0 Å². The molecule has 1 aromatic rings. The first-order valence-electron chi connectivity index (χ1n) is 8.08. The lowest BCUT2D eigenvalue weighted by Crippen LogP contribution is -2.45. The average molecular weight is 290 g/mol. The Morgan fingerprint density at radius 3 is 2.52 bits per heavy atom. The van der Waals surface area contributed by atoms with Crippen LogP contribution in [0.3, 0.4) is 0 Å². The van der Waals surface area contributed by atoms with Crippen molar-refractivity contribution in [3.8, 4) is 0 Å². The Hall–Kier alpha value is -1.42. The minimum atomic E-state index is -0.258. The highest BCUT2D eigenvalue weighted by Gasteiger charge is 2.39. The van der Waals surface area contributed by atoms with Crippen LogP contribution in [0.1, 0.15) is 51.5 Å². The molecule has 4 heteroatoms. The minimum absolute atomic E-state index is 0.254. The lowest BCUT2D eigenvalue weighted by molar-refractivity contribution is -0.385. The molecule has 0 aliphatic heterocycles. The average Bonchev–Trinajstić information content (AvgIpc) is 2.97. The molecule has 116 valence electrons. The Morgan fingerprint density at radius 2 is 1.95 bits per heavy atom. The summed E-state index contributed by atoms with van der Waals surface area (Å²) in [6, 6.07) is 7.50. The molecule has 1 saturated carbocycles. The Balaban J connectivity index is 2.26. The summed E-state index contributed by atoms with van der Waals surface area (Å²) in [5, 5.41) is 14.8. The first kappa shape index (κ1) is 16.0. The van der Waals surface area contributed by atoms with Gasteiger partial charge in [-0.05, 0) is 37.6 Å². The van der Waals surface area contributed by atoms with Crippen molar-refractivity contribution in [2.75, 3.05) is 6.54 Å². The van der Waals surface area contributed by atoms with Gasteiger partial charge in [0.25, 0.3) is 5.69 Å². The number of rotatable bonds is 7. The van der Waals surface area contributed by atoms with Gasteiger partial charge in [0.2, 0.25) is 0 Å². The maximum Gasteiger partial charge on any atom is 0.272 e. The maximum atomic E-state index is 11.2. The van der Waals surface area contributed by atoms with E-state index in [4.69, 9.17) is 0 Å². The number of hydrogen-bond acceptors (Lipinski definition) is 3. The number of nitrogens with one attached hydrogen (secondary N) is 1. The van der Waals surface area contributed by atoms with Crippen molar-refractivity contribution in [2.45, 2.75) is 58.4 Å². The molecule has 21 heavy (non-hydrogen) atoms. The molecule has 1 atom stereocenters. The third kappa shape index (κ3) is 3.43. The number of para-hydroxylation sites is 1. The van der Waals surface area contributed by atoms with Gasteiger partial charge in [0, 0.05) is 17.7 Å². The van der Waals surface area contributed by atoms with Crippen LogP contribution < -0.4 is 5.32 Å². The van der Waals surface area contributed by atoms with Gasteiger partial charge in [0.05, 0.1) is 4.92 Å². The standard InChI is InChI=1S/C17H26N2O2/c1-3-17(11-7-8-12-17)16(18-4-2)13-14-9-5-6-10-15(14)19(20)21/h5-6,9-10,16,18H,3-4,7-8,11-13H2,1-2H3. The van der Waals surface area contributed by atoms with Crippen LogP contribution in [0.2, 0.25) is 0 Å². The van der Waals surface area contributed by atoms with Gasteiger partial charge in [0.15, 0.2) is 0 Å². The highest BCUT2D eigenvalue weighted by Crippen LogP contribution is 2.45. The summed E-state index contributed by atoms with van der Waals surface area (Å²) < 4.78 is 0. The van der Waals surface area contributed by atoms with E-state index < -0.39 is 0 Å². The molecule has 1 fully saturated rings. The second-order valence-electron chi connectivity index (χ2n) is 6.12. The maximum absolute atomic E-state index is 11.2. The van der Waals surface area contributed by atoms with Gasteiger partial charge in [-0.3, -0.25) is 10.1 Å². The molecule has 0 saturated heterocycles. The van der Waals surface area contributed by atoms with E-state index in [-0.39, 0.29) is 10.6 Å². The van der Waals surface area contributed by atoms with Gasteiger partial charge in [-0.2, -0.15) is 0 Å². The molecule has 1 aliphatic rings. The fraction of sp³-hybridized carbons (Fsp3) is 0.647. The Morgan fingerprint density at radius 1 is 1.29 bits per heavy atom. The summed E-state index contributed by atoms with van der Waals surface area (Å²) >= 11 is 0. The number of hydrogen-bond donors (Lipinski definition) is 1. The third-order valence-corrected chi connectivity index (χ3v) is 5.11. The summed E-state index contributed by atoms with van der Waals surface area (Å²) in [6.45, 7) is 5.28. The highest BCUT2D eigenvalue weighted by atomic mass is 16.6. The van der Waals surface area contributed by atoms with Gasteiger partial charge in [-0.15, -0.1) is 0 Å². The summed E-state index contributed by atoms with van der Waals surface area (Å²) in [7, 11) is 0. The number of nitrogens with zero attached hydrogens (tertiary/aromatic N) is 1. The molecular weight excluding hydrogens is 264 g/mol. The normalized spacial score (nSPS) is 18.6. The summed E-state index contributed by atoms with van der Waals surface area (Å²) in [6.07, 6.45) is 6.94. The van der Waals surface area contributed by atoms with Gasteiger partial charge in [-0.1, -0.05) is 44.9 Å². The van der Waals surface area contributed by atoms with Crippen LogP contribution in [-0.4, -0.2) is 17.5 Å². The van der Waals surface area contributed by atoms with E-state index in [1.54, 1.807) is 12.1 Å². The monoisotopic (exact) mass is 290 g/mol. The SMILES string of the molecule is CCNC(Cc1ccccc1[N+](=O)[O-])C1(CC)CCCC1. The fourth-order valence-electron chi connectivity index (χ4n) is 3.86. The van der Waals surface area contributed by atoms with Gasteiger partial charge >= 0.3 is 0 Å². The van der Waals surface area contributed by atoms with Gasteiger partial charge in [0.1, 0.15) is 0 Å². The second-order valence-corrected chi connectivity index (χ2v) is 6.12. The molecule has 1 unspecified atom stereocenters. The van der Waals surface area contributed by atoms with Crippen molar-refractivity contribution in [1.82, 2.24) is 5.32 Å². The molecule has 0 spiro atoms. The topological polar surface area (TPSA) is 55.2 Å². The van der Waals surface area contributed by atoms with E-state index >= 15 is 0 Å². The third-order valence-electron chi connectivity index (χ3n) is 5.11. The van der Waals surface area contributed by atoms with Crippen molar-refractivity contribution in [1.29, 1.82) is 0 Å². The Kier molecular flexibility index (Phi) is 5.34. The molecule has 0 aromatic heterocycles. The van der Waals surface area contributed by atoms with Crippen LogP contribution in [0.5, 0.6) is 0 Å². The zero-order chi connectivity index (χ0) is 15.3. The molecular formula is C17H26N2O2. The molecule has 0 amide bonds. The predicted molar refractivity (Wildman–Crippen MR) is 85.5 cm³/mol. The van der Waals surface area contributed by atoms with Crippen molar-refractivity contribution >= 4 is 5.69 Å². The predicted octanol–water partition coefficient (Wildman–Crippen LogP) is 4.09. The zero-order valence-corrected chi connectivity index (χ0v) is 13.1. The number of nitro groups is 1. The smallest absolute Gasteiger partial charge is 0.272 e. The molecule has 1 N–H and O–H groups in total.